The number of nitrogens with zero attached hydrogens (tertiary/aromatic N) is 1. The van der Waals surface area contributed by atoms with E-state index in [-0.39, 0.29) is 23.9 Å². The van der Waals surface area contributed by atoms with Crippen molar-refractivity contribution in [3.8, 4) is 5.75 Å². The van der Waals surface area contributed by atoms with Crippen molar-refractivity contribution in [3.63, 3.8) is 0 Å². The Morgan fingerprint density at radius 3 is 2.58 bits per heavy atom. The molecule has 140 valence electrons. The van der Waals surface area contributed by atoms with Crippen molar-refractivity contribution in [1.82, 2.24) is 4.72 Å². The van der Waals surface area contributed by atoms with Crippen molar-refractivity contribution < 1.29 is 17.9 Å². The Morgan fingerprint density at radius 1 is 1.23 bits per heavy atom. The predicted octanol–water partition coefficient (Wildman–Crippen LogP) is 2.99. The maximum Gasteiger partial charge on any atom is 0.240 e. The van der Waals surface area contributed by atoms with E-state index in [1.165, 1.54) is 24.0 Å². The molecule has 2 aromatic rings. The molecule has 0 unspecified atom stereocenters. The summed E-state index contributed by atoms with van der Waals surface area (Å²) in [5, 5.41) is 0.504. The van der Waals surface area contributed by atoms with Crippen molar-refractivity contribution >= 4 is 33.2 Å². The summed E-state index contributed by atoms with van der Waals surface area (Å²) >= 11 is 5.93. The van der Waals surface area contributed by atoms with Gasteiger partial charge in [-0.25, -0.2) is 13.1 Å². The molecule has 26 heavy (non-hydrogen) atoms. The summed E-state index contributed by atoms with van der Waals surface area (Å²) in [6, 6.07) is 11.5. The Kier molecular flexibility index (Phi) is 6.63. The first-order valence-corrected chi connectivity index (χ1v) is 9.78. The van der Waals surface area contributed by atoms with Crippen LogP contribution >= 0.6 is 11.6 Å². The first-order valence-electron chi connectivity index (χ1n) is 7.92. The number of ether oxygens (including phenoxy) is 1. The maximum absolute atomic E-state index is 12.4. The number of carbonyl (C=O) groups is 1. The number of aryl methyl sites for hydroxylation is 1. The highest BCUT2D eigenvalue weighted by atomic mass is 35.5. The largest absolute Gasteiger partial charge is 0.497 e. The van der Waals surface area contributed by atoms with Crippen LogP contribution in [0.1, 0.15) is 12.5 Å². The van der Waals surface area contributed by atoms with E-state index in [4.69, 9.17) is 16.3 Å². The number of hydrogen-bond acceptors (Lipinski definition) is 4. The highest BCUT2D eigenvalue weighted by molar-refractivity contribution is 7.89. The normalized spacial score (nSPS) is 11.2. The lowest BCUT2D eigenvalue weighted by Gasteiger charge is -2.22. The van der Waals surface area contributed by atoms with E-state index < -0.39 is 10.0 Å². The number of sulfonamides is 1. The third-order valence-electron chi connectivity index (χ3n) is 3.81. The van der Waals surface area contributed by atoms with Crippen LogP contribution in [0, 0.1) is 6.92 Å². The van der Waals surface area contributed by atoms with E-state index in [0.717, 1.165) is 0 Å². The van der Waals surface area contributed by atoms with Gasteiger partial charge in [-0.2, -0.15) is 0 Å². The lowest BCUT2D eigenvalue weighted by Crippen LogP contribution is -2.37. The van der Waals surface area contributed by atoms with E-state index in [9.17, 15) is 13.2 Å². The topological polar surface area (TPSA) is 75.7 Å². The van der Waals surface area contributed by atoms with Crippen LogP contribution in [0.3, 0.4) is 0 Å². The molecule has 0 radical (unpaired) electrons. The van der Waals surface area contributed by atoms with Gasteiger partial charge in [0.05, 0.1) is 12.0 Å². The molecule has 0 aliphatic carbocycles. The van der Waals surface area contributed by atoms with Crippen LogP contribution in [0.4, 0.5) is 5.69 Å². The smallest absolute Gasteiger partial charge is 0.240 e. The summed E-state index contributed by atoms with van der Waals surface area (Å²) < 4.78 is 32.5. The first-order chi connectivity index (χ1) is 12.2. The minimum absolute atomic E-state index is 0.0702. The molecule has 1 amide bonds. The molecule has 2 rings (SSSR count). The Bertz CT molecular complexity index is 900. The van der Waals surface area contributed by atoms with E-state index in [1.54, 1.807) is 44.4 Å². The third kappa shape index (κ3) is 4.97. The van der Waals surface area contributed by atoms with Crippen molar-refractivity contribution in [2.45, 2.75) is 18.7 Å². The van der Waals surface area contributed by atoms with Crippen molar-refractivity contribution in [1.29, 1.82) is 0 Å². The molecule has 0 atom stereocenters. The zero-order chi connectivity index (χ0) is 19.3. The number of rotatable bonds is 7. The quantitative estimate of drug-likeness (QED) is 0.780. The number of nitrogens with one attached hydrogen (secondary N) is 1. The minimum atomic E-state index is -3.69. The molecule has 8 heteroatoms. The molecule has 0 fully saturated rings. The first kappa shape index (κ1) is 20.2. The molecule has 2 aromatic carbocycles. The number of benzene rings is 2. The van der Waals surface area contributed by atoms with Crippen LogP contribution in [-0.2, 0) is 14.8 Å². The van der Waals surface area contributed by atoms with Gasteiger partial charge in [0.25, 0.3) is 0 Å². The van der Waals surface area contributed by atoms with Crippen molar-refractivity contribution in [2.75, 3.05) is 25.1 Å². The zero-order valence-corrected chi connectivity index (χ0v) is 16.4. The average molecular weight is 397 g/mol. The number of amides is 1. The van der Waals surface area contributed by atoms with Crippen molar-refractivity contribution in [3.05, 3.63) is 53.1 Å². The number of anilines is 1. The Balaban J connectivity index is 2.09. The van der Waals surface area contributed by atoms with E-state index in [1.807, 2.05) is 0 Å². The van der Waals surface area contributed by atoms with Crippen LogP contribution in [0.25, 0.3) is 0 Å². The highest BCUT2D eigenvalue weighted by Gasteiger charge is 2.17. The van der Waals surface area contributed by atoms with E-state index in [0.29, 0.717) is 22.0 Å². The minimum Gasteiger partial charge on any atom is -0.497 e. The second-order valence-electron chi connectivity index (χ2n) is 5.68. The second-order valence-corrected chi connectivity index (χ2v) is 7.86. The fourth-order valence-electron chi connectivity index (χ4n) is 2.41. The summed E-state index contributed by atoms with van der Waals surface area (Å²) in [5.41, 5.74) is 1.31. The molecule has 0 aromatic heterocycles. The number of halogens is 1. The number of methoxy groups -OCH3 is 1. The fourth-order valence-corrected chi connectivity index (χ4v) is 3.63. The summed E-state index contributed by atoms with van der Waals surface area (Å²) in [6.45, 7) is 3.42. The lowest BCUT2D eigenvalue weighted by molar-refractivity contribution is -0.116. The predicted molar refractivity (Wildman–Crippen MR) is 102 cm³/mol. The van der Waals surface area contributed by atoms with Crippen LogP contribution < -0.4 is 14.4 Å². The summed E-state index contributed by atoms with van der Waals surface area (Å²) in [5.74, 6) is 0.422. The zero-order valence-electron chi connectivity index (χ0n) is 14.8. The average Bonchev–Trinajstić information content (AvgIpc) is 2.60. The van der Waals surface area contributed by atoms with Crippen LogP contribution in [0.2, 0.25) is 5.02 Å². The molecule has 0 saturated heterocycles. The molecule has 0 saturated carbocycles. The van der Waals surface area contributed by atoms with Gasteiger partial charge in [-0.1, -0.05) is 17.7 Å². The summed E-state index contributed by atoms with van der Waals surface area (Å²) in [7, 11) is -2.15. The fraction of sp³-hybridized carbons (Fsp3) is 0.278. The van der Waals surface area contributed by atoms with Gasteiger partial charge in [-0.3, -0.25) is 4.79 Å². The Labute approximate surface area is 158 Å². The van der Waals surface area contributed by atoms with Gasteiger partial charge < -0.3 is 9.64 Å². The SMILES string of the molecule is COc1cccc(N(CCNS(=O)(=O)c2ccc(Cl)c(C)c2)C(C)=O)c1. The number of hydrogen-bond donors (Lipinski definition) is 1. The van der Waals surface area contributed by atoms with Crippen LogP contribution in [0.5, 0.6) is 5.75 Å². The molecule has 0 aliphatic heterocycles. The molecule has 0 aliphatic rings. The van der Waals surface area contributed by atoms with Gasteiger partial charge in [0, 0.05) is 36.8 Å². The van der Waals surface area contributed by atoms with Gasteiger partial charge >= 0.3 is 0 Å². The van der Waals surface area contributed by atoms with Gasteiger partial charge in [0.15, 0.2) is 0 Å². The molecule has 0 bridgehead atoms. The van der Waals surface area contributed by atoms with E-state index >= 15 is 0 Å². The van der Waals surface area contributed by atoms with Gasteiger partial charge in [-0.15, -0.1) is 0 Å². The van der Waals surface area contributed by atoms with E-state index in [2.05, 4.69) is 4.72 Å². The molecule has 0 spiro atoms. The number of carbonyl (C=O) groups excluding carboxylic acids is 1. The molecular formula is C18H21ClN2O4S. The van der Waals surface area contributed by atoms with Crippen LogP contribution in [0.15, 0.2) is 47.4 Å². The van der Waals surface area contributed by atoms with Gasteiger partial charge in [0.1, 0.15) is 5.75 Å². The third-order valence-corrected chi connectivity index (χ3v) is 5.70. The Hall–Kier alpha value is -2.09. The molecule has 0 heterocycles. The summed E-state index contributed by atoms with van der Waals surface area (Å²) in [4.78, 5) is 13.6. The molecule has 1 N–H and O–H groups in total. The second kappa shape index (κ2) is 8.53. The molecule has 6 nitrogen and oxygen atoms in total. The lowest BCUT2D eigenvalue weighted by atomic mass is 10.2. The van der Waals surface area contributed by atoms with Crippen LogP contribution in [-0.4, -0.2) is 34.5 Å². The standard InChI is InChI=1S/C18H21ClN2O4S/c1-13-11-17(7-8-18(13)19)26(23,24)20-9-10-21(14(2)22)15-5-4-6-16(12-15)25-3/h4-8,11-12,20H,9-10H2,1-3H3. The summed E-state index contributed by atoms with van der Waals surface area (Å²) in [6.07, 6.45) is 0. The Morgan fingerprint density at radius 2 is 1.96 bits per heavy atom. The highest BCUT2D eigenvalue weighted by Crippen LogP contribution is 2.21. The van der Waals surface area contributed by atoms with Crippen molar-refractivity contribution in [2.24, 2.45) is 0 Å². The molecular weight excluding hydrogens is 376 g/mol. The van der Waals surface area contributed by atoms with Gasteiger partial charge in [-0.05, 0) is 42.8 Å². The van der Waals surface area contributed by atoms with Gasteiger partial charge in [0.2, 0.25) is 15.9 Å². The maximum atomic E-state index is 12.4. The monoisotopic (exact) mass is 396 g/mol.